The Morgan fingerprint density at radius 2 is 1.97 bits per heavy atom. The summed E-state index contributed by atoms with van der Waals surface area (Å²) in [4.78, 5) is 26.8. The van der Waals surface area contributed by atoms with Crippen LogP contribution < -0.4 is 4.74 Å². The number of ether oxygens (including phenoxy) is 2. The van der Waals surface area contributed by atoms with Gasteiger partial charge in [0.25, 0.3) is 5.91 Å². The lowest BCUT2D eigenvalue weighted by atomic mass is 9.74. The van der Waals surface area contributed by atoms with Gasteiger partial charge in [-0.2, -0.15) is 0 Å². The molecule has 2 aromatic rings. The molecule has 1 N–H and O–H groups in total. The molecular formula is C22H22FNO5. The number of hydrogen-bond acceptors (Lipinski definition) is 4. The van der Waals surface area contributed by atoms with Gasteiger partial charge in [-0.05, 0) is 36.2 Å². The molecule has 2 saturated heterocycles. The maximum Gasteiger partial charge on any atom is 0.311 e. The van der Waals surface area contributed by atoms with Crippen molar-refractivity contribution < 1.29 is 28.6 Å². The topological polar surface area (TPSA) is 76.1 Å². The number of carboxylic acid groups (broad SMARTS) is 1. The average Bonchev–Trinajstić information content (AvgIpc) is 3.14. The molecule has 0 spiro atoms. The van der Waals surface area contributed by atoms with Crippen LogP contribution in [0.3, 0.4) is 0 Å². The van der Waals surface area contributed by atoms with Crippen molar-refractivity contribution in [1.29, 1.82) is 0 Å². The third-order valence-corrected chi connectivity index (χ3v) is 5.85. The van der Waals surface area contributed by atoms with Crippen LogP contribution in [-0.2, 0) is 16.1 Å². The van der Waals surface area contributed by atoms with Gasteiger partial charge in [0.05, 0.1) is 17.6 Å². The van der Waals surface area contributed by atoms with Crippen LogP contribution in [0.2, 0.25) is 0 Å². The van der Waals surface area contributed by atoms with Gasteiger partial charge in [-0.15, -0.1) is 0 Å². The molecule has 0 unspecified atom stereocenters. The summed E-state index contributed by atoms with van der Waals surface area (Å²) in [5.41, 5.74) is 0.218. The molecule has 152 valence electrons. The SMILES string of the molecule is O=C(c1ccccc1OCc1ccc(F)cc1)N1C[C@H]2COCC[C@@]2(C(=O)O)C1. The number of benzene rings is 2. The molecule has 1 amide bonds. The minimum absolute atomic E-state index is 0.168. The first-order valence-electron chi connectivity index (χ1n) is 9.56. The van der Waals surface area contributed by atoms with E-state index in [1.54, 1.807) is 41.3 Å². The molecule has 2 aliphatic rings. The lowest BCUT2D eigenvalue weighted by Crippen LogP contribution is -2.45. The number of hydrogen-bond donors (Lipinski definition) is 1. The number of carbonyl (C=O) groups is 2. The van der Waals surface area contributed by atoms with Gasteiger partial charge in [-0.3, -0.25) is 9.59 Å². The zero-order chi connectivity index (χ0) is 20.4. The minimum atomic E-state index is -0.947. The van der Waals surface area contributed by atoms with Gasteiger partial charge < -0.3 is 19.5 Å². The van der Waals surface area contributed by atoms with Crippen LogP contribution >= 0.6 is 0 Å². The molecule has 2 fully saturated rings. The predicted molar refractivity (Wildman–Crippen MR) is 102 cm³/mol. The van der Waals surface area contributed by atoms with E-state index in [9.17, 15) is 19.1 Å². The van der Waals surface area contributed by atoms with Gasteiger partial charge in [-0.25, -0.2) is 4.39 Å². The Morgan fingerprint density at radius 1 is 1.21 bits per heavy atom. The quantitative estimate of drug-likeness (QED) is 0.837. The van der Waals surface area contributed by atoms with E-state index in [-0.39, 0.29) is 30.8 Å². The third-order valence-electron chi connectivity index (χ3n) is 5.85. The molecule has 2 atom stereocenters. The highest BCUT2D eigenvalue weighted by atomic mass is 19.1. The van der Waals surface area contributed by atoms with Crippen molar-refractivity contribution in [3.8, 4) is 5.75 Å². The molecule has 6 nitrogen and oxygen atoms in total. The summed E-state index contributed by atoms with van der Waals surface area (Å²) in [5.74, 6) is -1.25. The lowest BCUT2D eigenvalue weighted by molar-refractivity contribution is -0.157. The monoisotopic (exact) mass is 399 g/mol. The van der Waals surface area contributed by atoms with E-state index >= 15 is 0 Å². The zero-order valence-corrected chi connectivity index (χ0v) is 15.8. The minimum Gasteiger partial charge on any atom is -0.488 e. The lowest BCUT2D eigenvalue weighted by Gasteiger charge is -2.33. The Kier molecular flexibility index (Phi) is 5.24. The van der Waals surface area contributed by atoms with Crippen molar-refractivity contribution in [2.75, 3.05) is 26.3 Å². The van der Waals surface area contributed by atoms with Crippen LogP contribution in [0.5, 0.6) is 5.75 Å². The Hall–Kier alpha value is -2.93. The number of nitrogens with zero attached hydrogens (tertiary/aromatic N) is 1. The van der Waals surface area contributed by atoms with E-state index in [0.29, 0.717) is 37.5 Å². The predicted octanol–water partition coefficient (Wildman–Crippen LogP) is 2.97. The maximum atomic E-state index is 13.2. The van der Waals surface area contributed by atoms with E-state index in [0.717, 1.165) is 5.56 Å². The van der Waals surface area contributed by atoms with Gasteiger partial charge in [0.1, 0.15) is 18.2 Å². The largest absolute Gasteiger partial charge is 0.488 e. The first kappa shape index (κ1) is 19.4. The molecule has 2 aromatic carbocycles. The number of fused-ring (bicyclic) bond motifs is 1. The fraction of sp³-hybridized carbons (Fsp3) is 0.364. The fourth-order valence-corrected chi connectivity index (χ4v) is 4.14. The summed E-state index contributed by atoms with van der Waals surface area (Å²) in [6.07, 6.45) is 0.402. The van der Waals surface area contributed by atoms with Gasteiger partial charge in [0.2, 0.25) is 0 Å². The molecule has 0 aliphatic carbocycles. The van der Waals surface area contributed by atoms with Gasteiger partial charge in [-0.1, -0.05) is 24.3 Å². The molecule has 4 rings (SSSR count). The molecular weight excluding hydrogens is 377 g/mol. The number of rotatable bonds is 5. The van der Waals surface area contributed by atoms with Crippen LogP contribution in [-0.4, -0.2) is 48.2 Å². The van der Waals surface area contributed by atoms with Crippen LogP contribution in [0, 0.1) is 17.2 Å². The van der Waals surface area contributed by atoms with Crippen LogP contribution in [0.4, 0.5) is 4.39 Å². The van der Waals surface area contributed by atoms with E-state index in [2.05, 4.69) is 0 Å². The first-order valence-corrected chi connectivity index (χ1v) is 9.56. The van der Waals surface area contributed by atoms with Crippen LogP contribution in [0.1, 0.15) is 22.3 Å². The van der Waals surface area contributed by atoms with E-state index in [1.165, 1.54) is 12.1 Å². The second kappa shape index (κ2) is 7.83. The van der Waals surface area contributed by atoms with Crippen molar-refractivity contribution in [3.63, 3.8) is 0 Å². The number of halogens is 1. The van der Waals surface area contributed by atoms with Gasteiger partial charge >= 0.3 is 5.97 Å². The number of amides is 1. The molecule has 2 aliphatic heterocycles. The van der Waals surface area contributed by atoms with E-state index in [1.807, 2.05) is 0 Å². The Balaban J connectivity index is 1.52. The molecule has 29 heavy (non-hydrogen) atoms. The highest BCUT2D eigenvalue weighted by Gasteiger charge is 2.55. The normalized spacial score (nSPS) is 23.5. The summed E-state index contributed by atoms with van der Waals surface area (Å²) < 4.78 is 24.3. The number of likely N-dealkylation sites (tertiary alicyclic amines) is 1. The number of carboxylic acids is 1. The number of carbonyl (C=O) groups excluding carboxylic acids is 1. The smallest absolute Gasteiger partial charge is 0.311 e. The second-order valence-electron chi connectivity index (χ2n) is 7.58. The maximum absolute atomic E-state index is 13.2. The Morgan fingerprint density at radius 3 is 2.69 bits per heavy atom. The highest BCUT2D eigenvalue weighted by molar-refractivity contribution is 5.97. The van der Waals surface area contributed by atoms with Gasteiger partial charge in [0.15, 0.2) is 0 Å². The third kappa shape index (κ3) is 3.70. The highest BCUT2D eigenvalue weighted by Crippen LogP contribution is 2.43. The van der Waals surface area contributed by atoms with Gasteiger partial charge in [0, 0.05) is 25.6 Å². The molecule has 0 saturated carbocycles. The Bertz CT molecular complexity index is 916. The molecule has 7 heteroatoms. The summed E-state index contributed by atoms with van der Waals surface area (Å²) in [6, 6.07) is 12.9. The first-order chi connectivity index (χ1) is 14.0. The van der Waals surface area contributed by atoms with E-state index < -0.39 is 11.4 Å². The summed E-state index contributed by atoms with van der Waals surface area (Å²) in [7, 11) is 0. The standard InChI is InChI=1S/C22H22FNO5/c23-17-7-5-15(6-8-17)12-29-19-4-2-1-3-18(19)20(25)24-11-16-13-28-10-9-22(16,14-24)21(26)27/h1-8,16H,9-14H2,(H,26,27)/t16-,22+/m0/s1. The summed E-state index contributed by atoms with van der Waals surface area (Å²) in [6.45, 7) is 1.44. The van der Waals surface area contributed by atoms with Crippen molar-refractivity contribution in [3.05, 3.63) is 65.5 Å². The molecule has 0 bridgehead atoms. The molecule has 2 heterocycles. The average molecular weight is 399 g/mol. The Labute approximate surface area is 167 Å². The van der Waals surface area contributed by atoms with Crippen molar-refractivity contribution >= 4 is 11.9 Å². The van der Waals surface area contributed by atoms with Crippen LogP contribution in [0.15, 0.2) is 48.5 Å². The van der Waals surface area contributed by atoms with E-state index in [4.69, 9.17) is 9.47 Å². The second-order valence-corrected chi connectivity index (χ2v) is 7.58. The van der Waals surface area contributed by atoms with Crippen molar-refractivity contribution in [2.45, 2.75) is 13.0 Å². The number of aliphatic carboxylic acids is 1. The van der Waals surface area contributed by atoms with Crippen LogP contribution in [0.25, 0.3) is 0 Å². The fourth-order valence-electron chi connectivity index (χ4n) is 4.14. The van der Waals surface area contributed by atoms with Crippen molar-refractivity contribution in [2.24, 2.45) is 11.3 Å². The summed E-state index contributed by atoms with van der Waals surface area (Å²) in [5, 5.41) is 9.81. The number of para-hydroxylation sites is 1. The molecule has 0 radical (unpaired) electrons. The van der Waals surface area contributed by atoms with Crippen molar-refractivity contribution in [1.82, 2.24) is 4.90 Å². The zero-order valence-electron chi connectivity index (χ0n) is 15.8. The molecule has 0 aromatic heterocycles. The summed E-state index contributed by atoms with van der Waals surface area (Å²) >= 11 is 0.